The Bertz CT molecular complexity index is 1320. The van der Waals surface area contributed by atoms with E-state index in [-0.39, 0.29) is 10.9 Å². The Balaban J connectivity index is 1.57. The molecule has 0 bridgehead atoms. The highest BCUT2D eigenvalue weighted by atomic mass is 32.1. The van der Waals surface area contributed by atoms with E-state index in [0.717, 1.165) is 39.2 Å². The number of hydrogen-bond donors (Lipinski definition) is 3. The van der Waals surface area contributed by atoms with E-state index >= 15 is 0 Å². The zero-order valence-electron chi connectivity index (χ0n) is 20.0. The van der Waals surface area contributed by atoms with Gasteiger partial charge in [-0.05, 0) is 34.6 Å². The number of carbonyl (C=O) groups excluding carboxylic acids is 2. The van der Waals surface area contributed by atoms with Gasteiger partial charge >= 0.3 is 5.97 Å². The van der Waals surface area contributed by atoms with Crippen LogP contribution >= 0.6 is 11.3 Å². The van der Waals surface area contributed by atoms with Gasteiger partial charge in [0.2, 0.25) is 6.41 Å². The average Bonchev–Trinajstić information content (AvgIpc) is 3.38. The lowest BCUT2D eigenvalue weighted by Crippen LogP contribution is -2.44. The molecule has 1 heterocycles. The van der Waals surface area contributed by atoms with Crippen molar-refractivity contribution in [2.75, 3.05) is 0 Å². The molecule has 2 aliphatic carbocycles. The molecule has 8 heteroatoms. The number of benzene rings is 1. The minimum atomic E-state index is -1.09. The van der Waals surface area contributed by atoms with E-state index in [2.05, 4.69) is 46.0 Å². The maximum atomic E-state index is 12.7. The molecule has 2 aliphatic rings. The lowest BCUT2D eigenvalue weighted by Gasteiger charge is -2.25. The highest BCUT2D eigenvalue weighted by Gasteiger charge is 2.28. The van der Waals surface area contributed by atoms with Crippen LogP contribution in [0.15, 0.2) is 83.3 Å². The van der Waals surface area contributed by atoms with Gasteiger partial charge in [-0.3, -0.25) is 9.59 Å². The molecule has 2 aromatic rings. The van der Waals surface area contributed by atoms with Gasteiger partial charge in [-0.15, -0.1) is 11.3 Å². The molecule has 0 radical (unpaired) electrons. The first kappa shape index (κ1) is 25.1. The predicted octanol–water partition coefficient (Wildman–Crippen LogP) is 4.39. The molecule has 1 aromatic heterocycles. The largest absolute Gasteiger partial charge is 0.480 e. The summed E-state index contributed by atoms with van der Waals surface area (Å²) in [5.74, 6) is -1.90. The first-order valence-corrected chi connectivity index (χ1v) is 12.5. The minimum absolute atomic E-state index is 0.166. The molecule has 4 rings (SSSR count). The van der Waals surface area contributed by atoms with Gasteiger partial charge in [0.1, 0.15) is 6.04 Å². The highest BCUT2D eigenvalue weighted by molar-refractivity contribution is 7.11. The summed E-state index contributed by atoms with van der Waals surface area (Å²) in [7, 11) is 0. The SMILES string of the molecule is CC(C)C(NC(=O)c1nc(C2=CC=CC(=C3C=CC(c4ccccc4)=CC3)C2NC=O)cs1)C(=O)O. The normalized spacial score (nSPS) is 19.9. The van der Waals surface area contributed by atoms with E-state index in [9.17, 15) is 19.5 Å². The fraction of sp³-hybridized carbons (Fsp3) is 0.214. The van der Waals surface area contributed by atoms with Crippen LogP contribution in [-0.4, -0.2) is 40.5 Å². The third-order valence-electron chi connectivity index (χ3n) is 6.11. The summed E-state index contributed by atoms with van der Waals surface area (Å²) in [4.78, 5) is 40.1. The molecule has 0 saturated heterocycles. The van der Waals surface area contributed by atoms with E-state index < -0.39 is 24.0 Å². The summed E-state index contributed by atoms with van der Waals surface area (Å²) >= 11 is 1.13. The number of thiazole rings is 1. The molecule has 0 spiro atoms. The van der Waals surface area contributed by atoms with Gasteiger partial charge in [-0.1, -0.05) is 80.6 Å². The van der Waals surface area contributed by atoms with Crippen molar-refractivity contribution >= 4 is 40.8 Å². The number of nitrogens with zero attached hydrogens (tertiary/aromatic N) is 1. The number of aromatic nitrogens is 1. The molecule has 36 heavy (non-hydrogen) atoms. The van der Waals surface area contributed by atoms with Crippen LogP contribution < -0.4 is 10.6 Å². The van der Waals surface area contributed by atoms with Crippen LogP contribution in [0.4, 0.5) is 0 Å². The quantitative estimate of drug-likeness (QED) is 0.465. The van der Waals surface area contributed by atoms with Crippen molar-refractivity contribution < 1.29 is 19.5 Å². The van der Waals surface area contributed by atoms with Gasteiger partial charge in [-0.25, -0.2) is 9.78 Å². The molecular formula is C28H27N3O4S. The highest BCUT2D eigenvalue weighted by Crippen LogP contribution is 2.33. The van der Waals surface area contributed by atoms with E-state index in [1.807, 2.05) is 36.4 Å². The lowest BCUT2D eigenvalue weighted by molar-refractivity contribution is -0.140. The topological polar surface area (TPSA) is 108 Å². The molecule has 1 aromatic carbocycles. The predicted molar refractivity (Wildman–Crippen MR) is 141 cm³/mol. The van der Waals surface area contributed by atoms with Gasteiger partial charge in [0.25, 0.3) is 5.91 Å². The summed E-state index contributed by atoms with van der Waals surface area (Å²) in [6.45, 7) is 3.46. The number of hydrogen-bond acceptors (Lipinski definition) is 5. The average molecular weight is 502 g/mol. The number of rotatable bonds is 8. The van der Waals surface area contributed by atoms with E-state index in [4.69, 9.17) is 0 Å². The van der Waals surface area contributed by atoms with Gasteiger partial charge < -0.3 is 15.7 Å². The second-order valence-electron chi connectivity index (χ2n) is 8.81. The number of allylic oxidation sites excluding steroid dienone is 7. The first-order chi connectivity index (χ1) is 17.4. The van der Waals surface area contributed by atoms with E-state index in [1.54, 1.807) is 19.2 Å². The Morgan fingerprint density at radius 3 is 2.58 bits per heavy atom. The van der Waals surface area contributed by atoms with Gasteiger partial charge in [-0.2, -0.15) is 0 Å². The van der Waals surface area contributed by atoms with Crippen LogP contribution in [-0.2, 0) is 9.59 Å². The molecule has 0 saturated carbocycles. The summed E-state index contributed by atoms with van der Waals surface area (Å²) in [5, 5.41) is 16.7. The van der Waals surface area contributed by atoms with Gasteiger partial charge in [0, 0.05) is 11.0 Å². The number of carboxylic acid groups (broad SMARTS) is 1. The Hall–Kier alpha value is -4.04. The summed E-state index contributed by atoms with van der Waals surface area (Å²) in [6.07, 6.45) is 13.4. The smallest absolute Gasteiger partial charge is 0.326 e. The molecule has 3 N–H and O–H groups in total. The van der Waals surface area contributed by atoms with Crippen molar-refractivity contribution in [3.63, 3.8) is 0 Å². The number of amides is 2. The summed E-state index contributed by atoms with van der Waals surface area (Å²) in [5.41, 5.74) is 5.63. The van der Waals surface area contributed by atoms with Crippen molar-refractivity contribution in [3.05, 3.63) is 99.6 Å². The minimum Gasteiger partial charge on any atom is -0.480 e. The Labute approximate surface area is 213 Å². The fourth-order valence-corrected chi connectivity index (χ4v) is 4.95. The maximum Gasteiger partial charge on any atom is 0.326 e. The first-order valence-electron chi connectivity index (χ1n) is 11.6. The maximum absolute atomic E-state index is 12.7. The van der Waals surface area contributed by atoms with E-state index in [0.29, 0.717) is 18.5 Å². The molecule has 184 valence electrons. The zero-order chi connectivity index (χ0) is 25.7. The zero-order valence-corrected chi connectivity index (χ0v) is 20.8. The van der Waals surface area contributed by atoms with Crippen molar-refractivity contribution in [2.45, 2.75) is 32.4 Å². The monoisotopic (exact) mass is 501 g/mol. The second kappa shape index (κ2) is 11.1. The second-order valence-corrected chi connectivity index (χ2v) is 9.67. The number of nitrogens with one attached hydrogen (secondary N) is 2. The van der Waals surface area contributed by atoms with Gasteiger partial charge in [0.15, 0.2) is 5.01 Å². The van der Waals surface area contributed by atoms with Crippen molar-refractivity contribution in [2.24, 2.45) is 5.92 Å². The molecule has 2 unspecified atom stereocenters. The lowest BCUT2D eigenvalue weighted by atomic mass is 9.85. The Morgan fingerprint density at radius 2 is 1.94 bits per heavy atom. The molecule has 7 nitrogen and oxygen atoms in total. The number of aliphatic carboxylic acids is 1. The Kier molecular flexibility index (Phi) is 7.75. The number of carbonyl (C=O) groups is 3. The van der Waals surface area contributed by atoms with Crippen molar-refractivity contribution in [1.29, 1.82) is 0 Å². The summed E-state index contributed by atoms with van der Waals surface area (Å²) < 4.78 is 0. The van der Waals surface area contributed by atoms with Crippen LogP contribution in [0.5, 0.6) is 0 Å². The molecular weight excluding hydrogens is 474 g/mol. The third-order valence-corrected chi connectivity index (χ3v) is 6.95. The molecule has 0 fully saturated rings. The van der Waals surface area contributed by atoms with Crippen LogP contribution in [0.2, 0.25) is 0 Å². The molecule has 0 aliphatic heterocycles. The van der Waals surface area contributed by atoms with Crippen molar-refractivity contribution in [3.8, 4) is 0 Å². The Morgan fingerprint density at radius 1 is 1.17 bits per heavy atom. The number of carboxylic acids is 1. The van der Waals surface area contributed by atoms with Crippen LogP contribution in [0.25, 0.3) is 11.1 Å². The van der Waals surface area contributed by atoms with E-state index in [1.165, 1.54) is 0 Å². The molecule has 2 atom stereocenters. The van der Waals surface area contributed by atoms with Gasteiger partial charge in [0.05, 0.1) is 11.7 Å². The summed E-state index contributed by atoms with van der Waals surface area (Å²) in [6, 6.07) is 8.72. The molecule has 2 amide bonds. The van der Waals surface area contributed by atoms with Crippen LogP contribution in [0.1, 0.15) is 41.3 Å². The van der Waals surface area contributed by atoms with Crippen LogP contribution in [0.3, 0.4) is 0 Å². The third kappa shape index (κ3) is 5.44. The standard InChI is InChI=1S/C28H27N3O4S/c1-17(2)24(28(34)35)31-26(33)27-30-23(15-36-27)22-10-6-9-21(25(22)29-16-32)20-13-11-19(12-14-20)18-7-4-3-5-8-18/h3-13,15-17,24-25H,14H2,1-2H3,(H,29,32)(H,31,33)(H,34,35). The van der Waals surface area contributed by atoms with Crippen LogP contribution in [0, 0.1) is 5.92 Å². The van der Waals surface area contributed by atoms with Crippen molar-refractivity contribution in [1.82, 2.24) is 15.6 Å². The fourth-order valence-electron chi connectivity index (χ4n) is 4.22.